The van der Waals surface area contributed by atoms with Crippen LogP contribution in [0.1, 0.15) is 15.9 Å². The fraction of sp³-hybridized carbons (Fsp3) is 0. The molecule has 19 heavy (non-hydrogen) atoms. The average molecular weight is 280 g/mol. The Morgan fingerprint density at radius 2 is 1.32 bits per heavy atom. The molecule has 0 radical (unpaired) electrons. The van der Waals surface area contributed by atoms with Crippen molar-refractivity contribution in [2.75, 3.05) is 0 Å². The summed E-state index contributed by atoms with van der Waals surface area (Å²) < 4.78 is 23.7. The fourth-order valence-electron chi connectivity index (χ4n) is 1.57. The topological polar surface area (TPSA) is 74.6 Å². The van der Waals surface area contributed by atoms with Gasteiger partial charge in [0, 0.05) is 11.1 Å². The molecular weight excluding hydrogens is 270 g/mol. The molecule has 0 aromatic heterocycles. The molecule has 98 valence electrons. The van der Waals surface area contributed by atoms with Crippen molar-refractivity contribution in [3.05, 3.63) is 65.5 Å². The molecule has 0 amide bonds. The van der Waals surface area contributed by atoms with Crippen LogP contribution in [0.4, 0.5) is 4.39 Å². The lowest BCUT2D eigenvalue weighted by atomic mass is 10.0. The molecule has 0 bridgehead atoms. The molecule has 0 unspecified atom stereocenters. The molecule has 0 spiro atoms. The Balaban J connectivity index is 2.30. The van der Waals surface area contributed by atoms with Crippen LogP contribution < -0.4 is 5.30 Å². The second kappa shape index (κ2) is 5.05. The van der Waals surface area contributed by atoms with Gasteiger partial charge in [0.05, 0.1) is 5.30 Å². The first kappa shape index (κ1) is 13.6. The first-order valence-electron chi connectivity index (χ1n) is 5.34. The molecular formula is C13H10FO4P. The zero-order valence-electron chi connectivity index (χ0n) is 9.65. The zero-order valence-corrected chi connectivity index (χ0v) is 10.5. The molecule has 6 heteroatoms. The van der Waals surface area contributed by atoms with Crippen molar-refractivity contribution in [2.45, 2.75) is 0 Å². The first-order chi connectivity index (χ1) is 8.88. The van der Waals surface area contributed by atoms with Crippen LogP contribution in [-0.2, 0) is 4.57 Å². The summed E-state index contributed by atoms with van der Waals surface area (Å²) in [5.41, 5.74) is 0.592. The van der Waals surface area contributed by atoms with E-state index in [2.05, 4.69) is 0 Å². The lowest BCUT2D eigenvalue weighted by molar-refractivity contribution is 0.103. The van der Waals surface area contributed by atoms with Crippen molar-refractivity contribution in [1.82, 2.24) is 0 Å². The van der Waals surface area contributed by atoms with Gasteiger partial charge in [-0.25, -0.2) is 4.39 Å². The second-order valence-electron chi connectivity index (χ2n) is 3.93. The van der Waals surface area contributed by atoms with Crippen LogP contribution >= 0.6 is 7.60 Å². The van der Waals surface area contributed by atoms with E-state index < -0.39 is 13.4 Å². The summed E-state index contributed by atoms with van der Waals surface area (Å²) in [4.78, 5) is 29.9. The Labute approximate surface area is 108 Å². The third-order valence-corrected chi connectivity index (χ3v) is 3.54. The quantitative estimate of drug-likeness (QED) is 0.664. The summed E-state index contributed by atoms with van der Waals surface area (Å²) in [6.07, 6.45) is 0. The van der Waals surface area contributed by atoms with Crippen molar-refractivity contribution in [3.8, 4) is 0 Å². The van der Waals surface area contributed by atoms with Gasteiger partial charge in [-0.2, -0.15) is 0 Å². The third-order valence-electron chi connectivity index (χ3n) is 2.57. The molecule has 4 nitrogen and oxygen atoms in total. The highest BCUT2D eigenvalue weighted by molar-refractivity contribution is 7.60. The summed E-state index contributed by atoms with van der Waals surface area (Å²) in [6.45, 7) is 0. The van der Waals surface area contributed by atoms with E-state index in [9.17, 15) is 13.8 Å². The predicted octanol–water partition coefficient (Wildman–Crippen LogP) is 1.86. The molecule has 0 atom stereocenters. The Morgan fingerprint density at radius 1 is 0.895 bits per heavy atom. The van der Waals surface area contributed by atoms with E-state index in [1.54, 1.807) is 0 Å². The lowest BCUT2D eigenvalue weighted by Crippen LogP contribution is -2.06. The minimum atomic E-state index is -4.31. The molecule has 0 saturated heterocycles. The predicted molar refractivity (Wildman–Crippen MR) is 68.0 cm³/mol. The van der Waals surface area contributed by atoms with Crippen LogP contribution in [0.5, 0.6) is 0 Å². The molecule has 0 saturated carbocycles. The Hall–Kier alpha value is -1.81. The van der Waals surface area contributed by atoms with Crippen LogP contribution in [0.2, 0.25) is 0 Å². The van der Waals surface area contributed by atoms with Crippen molar-refractivity contribution < 1.29 is 23.5 Å². The Bertz CT molecular complexity index is 643. The summed E-state index contributed by atoms with van der Waals surface area (Å²) in [6, 6.07) is 10.1. The van der Waals surface area contributed by atoms with Crippen LogP contribution in [0, 0.1) is 5.82 Å². The number of hydrogen-bond acceptors (Lipinski definition) is 2. The SMILES string of the molecule is O=C(c1ccc(F)cc1)c1ccc(P(=O)(O)O)cc1. The Kier molecular flexibility index (Phi) is 3.62. The molecule has 2 N–H and O–H groups in total. The molecule has 0 heterocycles. The van der Waals surface area contributed by atoms with Crippen molar-refractivity contribution in [1.29, 1.82) is 0 Å². The van der Waals surface area contributed by atoms with E-state index >= 15 is 0 Å². The molecule has 0 fully saturated rings. The summed E-state index contributed by atoms with van der Waals surface area (Å²) in [5.74, 6) is -0.773. The van der Waals surface area contributed by atoms with Crippen LogP contribution in [0.3, 0.4) is 0 Å². The summed E-state index contributed by atoms with van der Waals surface area (Å²) in [7, 11) is -4.31. The highest BCUT2D eigenvalue weighted by Crippen LogP contribution is 2.32. The molecule has 2 rings (SSSR count). The van der Waals surface area contributed by atoms with Gasteiger partial charge in [0.2, 0.25) is 0 Å². The monoisotopic (exact) mass is 280 g/mol. The minimum absolute atomic E-state index is 0.150. The van der Waals surface area contributed by atoms with Crippen LogP contribution in [0.25, 0.3) is 0 Å². The van der Waals surface area contributed by atoms with Gasteiger partial charge >= 0.3 is 7.60 Å². The first-order valence-corrected chi connectivity index (χ1v) is 6.95. The number of carbonyl (C=O) groups is 1. The number of ketones is 1. The van der Waals surface area contributed by atoms with Gasteiger partial charge in [-0.1, -0.05) is 12.1 Å². The summed E-state index contributed by atoms with van der Waals surface area (Å²) in [5, 5.41) is -0.150. The number of hydrogen-bond donors (Lipinski definition) is 2. The van der Waals surface area contributed by atoms with Gasteiger partial charge in [-0.3, -0.25) is 9.36 Å². The maximum absolute atomic E-state index is 12.7. The van der Waals surface area contributed by atoms with E-state index in [1.807, 2.05) is 0 Å². The second-order valence-corrected chi connectivity index (χ2v) is 5.53. The van der Waals surface area contributed by atoms with Crippen LogP contribution in [0.15, 0.2) is 48.5 Å². The maximum Gasteiger partial charge on any atom is 0.356 e. The van der Waals surface area contributed by atoms with Gasteiger partial charge in [0.15, 0.2) is 5.78 Å². The minimum Gasteiger partial charge on any atom is -0.321 e. The van der Waals surface area contributed by atoms with E-state index in [-0.39, 0.29) is 16.7 Å². The van der Waals surface area contributed by atoms with Gasteiger partial charge in [-0.05, 0) is 36.4 Å². The van der Waals surface area contributed by atoms with Gasteiger partial charge < -0.3 is 9.79 Å². The highest BCUT2D eigenvalue weighted by Gasteiger charge is 2.17. The average Bonchev–Trinajstić information content (AvgIpc) is 2.38. The maximum atomic E-state index is 12.7. The van der Waals surface area contributed by atoms with Gasteiger partial charge in [-0.15, -0.1) is 0 Å². The Morgan fingerprint density at radius 3 is 1.74 bits per heavy atom. The third kappa shape index (κ3) is 3.15. The number of carbonyl (C=O) groups excluding carboxylic acids is 1. The van der Waals surface area contributed by atoms with E-state index in [0.29, 0.717) is 5.56 Å². The molecule has 0 aliphatic carbocycles. The number of halogens is 1. The van der Waals surface area contributed by atoms with Gasteiger partial charge in [0.1, 0.15) is 5.82 Å². The van der Waals surface area contributed by atoms with E-state index in [0.717, 1.165) is 0 Å². The lowest BCUT2D eigenvalue weighted by Gasteiger charge is -2.05. The molecule has 2 aromatic rings. The summed E-state index contributed by atoms with van der Waals surface area (Å²) >= 11 is 0. The highest BCUT2D eigenvalue weighted by atomic mass is 31.2. The molecule has 2 aromatic carbocycles. The van der Waals surface area contributed by atoms with E-state index in [1.165, 1.54) is 48.5 Å². The standard InChI is InChI=1S/C13H10FO4P/c14-11-5-1-9(2-6-11)13(15)10-3-7-12(8-4-10)19(16,17)18/h1-8H,(H2,16,17,18). The molecule has 0 aliphatic rings. The van der Waals surface area contributed by atoms with Gasteiger partial charge in [0.25, 0.3) is 0 Å². The smallest absolute Gasteiger partial charge is 0.321 e. The van der Waals surface area contributed by atoms with Crippen LogP contribution in [-0.4, -0.2) is 15.6 Å². The van der Waals surface area contributed by atoms with Crippen molar-refractivity contribution in [2.24, 2.45) is 0 Å². The number of benzene rings is 2. The normalized spacial score (nSPS) is 11.3. The fourth-order valence-corrected chi connectivity index (χ4v) is 2.11. The van der Waals surface area contributed by atoms with Crippen molar-refractivity contribution in [3.63, 3.8) is 0 Å². The van der Waals surface area contributed by atoms with E-state index in [4.69, 9.17) is 9.79 Å². The van der Waals surface area contributed by atoms with Crippen molar-refractivity contribution >= 4 is 18.7 Å². The molecule has 0 aliphatic heterocycles. The zero-order chi connectivity index (χ0) is 14.0. The largest absolute Gasteiger partial charge is 0.356 e. The number of rotatable bonds is 3.